The lowest BCUT2D eigenvalue weighted by atomic mass is 10.00. The van der Waals surface area contributed by atoms with Gasteiger partial charge in [0.1, 0.15) is 24.4 Å². The summed E-state index contributed by atoms with van der Waals surface area (Å²) >= 11 is 0. The van der Waals surface area contributed by atoms with Gasteiger partial charge in [0.05, 0.1) is 30.2 Å². The summed E-state index contributed by atoms with van der Waals surface area (Å²) in [6.45, 7) is 12.4. The fourth-order valence-corrected chi connectivity index (χ4v) is 4.97. The summed E-state index contributed by atoms with van der Waals surface area (Å²) in [5.74, 6) is -1.26. The number of rotatable bonds is 4. The number of morpholine rings is 1. The molecule has 5 atom stereocenters. The predicted molar refractivity (Wildman–Crippen MR) is 143 cm³/mol. The Morgan fingerprint density at radius 3 is 2.29 bits per heavy atom. The van der Waals surface area contributed by atoms with E-state index < -0.39 is 23.9 Å². The van der Waals surface area contributed by atoms with E-state index in [0.29, 0.717) is 25.3 Å². The molecular weight excluding hydrogens is 488 g/mol. The molecule has 10 nitrogen and oxygen atoms in total. The summed E-state index contributed by atoms with van der Waals surface area (Å²) in [5.41, 5.74) is 0.251. The first-order chi connectivity index (χ1) is 17.9. The third-order valence-corrected chi connectivity index (χ3v) is 6.66. The van der Waals surface area contributed by atoms with Crippen LogP contribution in [0.2, 0.25) is 0 Å². The quantitative estimate of drug-likeness (QED) is 0.546. The standard InChI is InChI=1S/C28H42N4O6/c1-16(2)11-20-15-37-23-10-8-7-9-21(23)26(34)30-22(28(36)32-13-18(5)38-19(6)14-32)12-24(33)31-25(17(3)4)27(35)29-20/h7-10,16-20,22,25H,11-15H2,1-6H3,(H,29,35)(H,30,34)(H,31,33)/t18-,19+,20-,22+,25-/m1/s1. The van der Waals surface area contributed by atoms with Crippen LogP contribution in [0.1, 0.15) is 64.7 Å². The van der Waals surface area contributed by atoms with E-state index in [1.807, 2.05) is 41.5 Å². The number of benzene rings is 1. The number of carbonyl (C=O) groups is 4. The molecule has 2 heterocycles. The minimum absolute atomic E-state index is 0.152. The van der Waals surface area contributed by atoms with E-state index in [2.05, 4.69) is 16.0 Å². The Morgan fingerprint density at radius 2 is 1.66 bits per heavy atom. The zero-order valence-corrected chi connectivity index (χ0v) is 23.3. The highest BCUT2D eigenvalue weighted by atomic mass is 16.5. The topological polar surface area (TPSA) is 126 Å². The lowest BCUT2D eigenvalue weighted by Gasteiger charge is -2.37. The van der Waals surface area contributed by atoms with Gasteiger partial charge in [-0.05, 0) is 44.2 Å². The molecule has 3 N–H and O–H groups in total. The van der Waals surface area contributed by atoms with E-state index in [0.717, 1.165) is 0 Å². The van der Waals surface area contributed by atoms with Crippen LogP contribution >= 0.6 is 0 Å². The molecule has 0 spiro atoms. The van der Waals surface area contributed by atoms with Crippen molar-refractivity contribution < 1.29 is 28.7 Å². The molecule has 0 radical (unpaired) electrons. The molecule has 4 amide bonds. The molecule has 10 heteroatoms. The first-order valence-electron chi connectivity index (χ1n) is 13.5. The summed E-state index contributed by atoms with van der Waals surface area (Å²) in [7, 11) is 0. The van der Waals surface area contributed by atoms with Crippen molar-refractivity contribution in [1.29, 1.82) is 0 Å². The third kappa shape index (κ3) is 7.93. The van der Waals surface area contributed by atoms with Gasteiger partial charge in [-0.2, -0.15) is 0 Å². The van der Waals surface area contributed by atoms with Crippen molar-refractivity contribution in [3.05, 3.63) is 29.8 Å². The lowest BCUT2D eigenvalue weighted by Crippen LogP contribution is -2.57. The summed E-state index contributed by atoms with van der Waals surface area (Å²) in [5, 5.41) is 8.59. The summed E-state index contributed by atoms with van der Waals surface area (Å²) < 4.78 is 11.8. The lowest BCUT2D eigenvalue weighted by molar-refractivity contribution is -0.146. The fourth-order valence-electron chi connectivity index (χ4n) is 4.97. The molecule has 0 aliphatic carbocycles. The maximum absolute atomic E-state index is 13.6. The molecule has 38 heavy (non-hydrogen) atoms. The van der Waals surface area contributed by atoms with E-state index in [1.165, 1.54) is 0 Å². The Hall–Kier alpha value is -3.14. The number of carbonyl (C=O) groups excluding carboxylic acids is 4. The van der Waals surface area contributed by atoms with Crippen molar-refractivity contribution in [2.24, 2.45) is 11.8 Å². The summed E-state index contributed by atoms with van der Waals surface area (Å²) in [4.78, 5) is 55.0. The maximum Gasteiger partial charge on any atom is 0.255 e. The highest BCUT2D eigenvalue weighted by Gasteiger charge is 2.35. The van der Waals surface area contributed by atoms with Crippen molar-refractivity contribution in [2.45, 2.75) is 84.7 Å². The predicted octanol–water partition coefficient (Wildman–Crippen LogP) is 1.88. The molecule has 1 aromatic rings. The van der Waals surface area contributed by atoms with Gasteiger partial charge in [0.2, 0.25) is 17.7 Å². The van der Waals surface area contributed by atoms with Crippen molar-refractivity contribution in [2.75, 3.05) is 19.7 Å². The van der Waals surface area contributed by atoms with Gasteiger partial charge < -0.3 is 30.3 Å². The van der Waals surface area contributed by atoms with Crippen LogP contribution in [-0.2, 0) is 19.1 Å². The maximum atomic E-state index is 13.6. The number of ether oxygens (including phenoxy) is 2. The molecule has 1 aromatic carbocycles. The first-order valence-corrected chi connectivity index (χ1v) is 13.5. The fraction of sp³-hybridized carbons (Fsp3) is 0.643. The molecular formula is C28H42N4O6. The number of nitrogens with zero attached hydrogens (tertiary/aromatic N) is 1. The van der Waals surface area contributed by atoms with Crippen molar-refractivity contribution in [3.63, 3.8) is 0 Å². The van der Waals surface area contributed by atoms with Gasteiger partial charge in [0.25, 0.3) is 5.91 Å². The number of fused-ring (bicyclic) bond motifs is 1. The zero-order valence-electron chi connectivity index (χ0n) is 23.3. The van der Waals surface area contributed by atoms with Gasteiger partial charge in [-0.1, -0.05) is 39.8 Å². The van der Waals surface area contributed by atoms with Crippen LogP contribution in [0.15, 0.2) is 24.3 Å². The smallest absolute Gasteiger partial charge is 0.255 e. The highest BCUT2D eigenvalue weighted by molar-refractivity contribution is 6.01. The summed E-state index contributed by atoms with van der Waals surface area (Å²) in [6.07, 6.45) is 0.00574. The largest absolute Gasteiger partial charge is 0.491 e. The van der Waals surface area contributed by atoms with Gasteiger partial charge in [-0.15, -0.1) is 0 Å². The number of hydrogen-bond acceptors (Lipinski definition) is 6. The van der Waals surface area contributed by atoms with E-state index in [4.69, 9.17) is 9.47 Å². The van der Waals surface area contributed by atoms with Crippen LogP contribution in [0.3, 0.4) is 0 Å². The van der Waals surface area contributed by atoms with E-state index >= 15 is 0 Å². The van der Waals surface area contributed by atoms with Crippen LogP contribution in [-0.4, -0.2) is 78.6 Å². The van der Waals surface area contributed by atoms with Gasteiger partial charge >= 0.3 is 0 Å². The van der Waals surface area contributed by atoms with E-state index in [1.54, 1.807) is 29.2 Å². The van der Waals surface area contributed by atoms with Crippen LogP contribution in [0, 0.1) is 11.8 Å². The second kappa shape index (κ2) is 13.1. The van der Waals surface area contributed by atoms with Gasteiger partial charge in [-0.25, -0.2) is 0 Å². The van der Waals surface area contributed by atoms with Crippen molar-refractivity contribution in [1.82, 2.24) is 20.9 Å². The summed E-state index contributed by atoms with van der Waals surface area (Å²) in [6, 6.07) is 4.51. The minimum atomic E-state index is -1.12. The number of nitrogens with one attached hydrogen (secondary N) is 3. The Morgan fingerprint density at radius 1 is 1.00 bits per heavy atom. The van der Waals surface area contributed by atoms with Crippen molar-refractivity contribution >= 4 is 23.6 Å². The SMILES string of the molecule is CC(C)C[C@@H]1COc2ccccc2C(=O)N[C@H](C(=O)N2C[C@@H](C)O[C@@H](C)C2)CC(=O)N[C@H](C(C)C)C(=O)N1. The number of para-hydroxylation sites is 1. The molecule has 2 aliphatic rings. The van der Waals surface area contributed by atoms with Gasteiger partial charge in [0, 0.05) is 13.1 Å². The molecule has 0 aromatic heterocycles. The molecule has 2 aliphatic heterocycles. The van der Waals surface area contributed by atoms with Crippen molar-refractivity contribution in [3.8, 4) is 5.75 Å². The number of hydrogen-bond donors (Lipinski definition) is 3. The molecule has 1 saturated heterocycles. The Kier molecular flexibility index (Phi) is 10.1. The van der Waals surface area contributed by atoms with Crippen LogP contribution in [0.5, 0.6) is 5.75 Å². The molecule has 0 saturated carbocycles. The zero-order chi connectivity index (χ0) is 28.0. The average molecular weight is 531 g/mol. The second-order valence-electron chi connectivity index (χ2n) is 11.2. The monoisotopic (exact) mass is 530 g/mol. The molecule has 0 unspecified atom stereocenters. The van der Waals surface area contributed by atoms with Crippen LogP contribution in [0.25, 0.3) is 0 Å². The van der Waals surface area contributed by atoms with Crippen LogP contribution < -0.4 is 20.7 Å². The van der Waals surface area contributed by atoms with E-state index in [9.17, 15) is 19.2 Å². The highest BCUT2D eigenvalue weighted by Crippen LogP contribution is 2.21. The Labute approximate surface area is 225 Å². The van der Waals surface area contributed by atoms with E-state index in [-0.39, 0.29) is 60.5 Å². The first kappa shape index (κ1) is 29.4. The van der Waals surface area contributed by atoms with Crippen LogP contribution in [0.4, 0.5) is 0 Å². The molecule has 3 rings (SSSR count). The normalized spacial score (nSPS) is 27.5. The second-order valence-corrected chi connectivity index (χ2v) is 11.2. The average Bonchev–Trinajstić information content (AvgIpc) is 2.83. The van der Waals surface area contributed by atoms with Gasteiger partial charge in [0.15, 0.2) is 0 Å². The molecule has 1 fully saturated rings. The minimum Gasteiger partial charge on any atom is -0.491 e. The number of amides is 4. The van der Waals surface area contributed by atoms with Gasteiger partial charge in [-0.3, -0.25) is 19.2 Å². The Balaban J connectivity index is 1.95. The molecule has 0 bridgehead atoms. The third-order valence-electron chi connectivity index (χ3n) is 6.66. The Bertz CT molecular complexity index is 1000. The molecule has 210 valence electrons.